The molecule has 0 radical (unpaired) electrons. The number of thioether (sulfide) groups is 1. The zero-order valence-corrected chi connectivity index (χ0v) is 13.4. The van der Waals surface area contributed by atoms with E-state index in [2.05, 4.69) is 20.3 Å². The van der Waals surface area contributed by atoms with Crippen LogP contribution in [0.5, 0.6) is 0 Å². The van der Waals surface area contributed by atoms with Gasteiger partial charge in [0.25, 0.3) is 0 Å². The Labute approximate surface area is 130 Å². The van der Waals surface area contributed by atoms with Gasteiger partial charge in [-0.2, -0.15) is 4.98 Å². The van der Waals surface area contributed by atoms with Crippen LogP contribution in [0.4, 0.5) is 0 Å². The average Bonchev–Trinajstić information content (AvgIpc) is 3.16. The number of carbonyl (C=O) groups excluding carboxylic acids is 1. The van der Waals surface area contributed by atoms with Crippen molar-refractivity contribution in [3.8, 4) is 0 Å². The lowest BCUT2D eigenvalue weighted by molar-refractivity contribution is -0.127. The van der Waals surface area contributed by atoms with E-state index in [-0.39, 0.29) is 11.8 Å². The van der Waals surface area contributed by atoms with Crippen LogP contribution in [0.3, 0.4) is 0 Å². The molecule has 21 heavy (non-hydrogen) atoms. The number of rotatable bonds is 4. The van der Waals surface area contributed by atoms with Gasteiger partial charge in [0.2, 0.25) is 11.8 Å². The van der Waals surface area contributed by atoms with Gasteiger partial charge in [0.15, 0.2) is 10.2 Å². The largest absolute Gasteiger partial charge is 0.341 e. The lowest BCUT2D eigenvalue weighted by atomic mass is 10.1. The molecule has 3 rings (SSSR count). The van der Waals surface area contributed by atoms with Crippen molar-refractivity contribution in [2.75, 3.05) is 18.8 Å². The van der Waals surface area contributed by atoms with E-state index < -0.39 is 0 Å². The van der Waals surface area contributed by atoms with Crippen molar-refractivity contribution in [3.05, 3.63) is 16.7 Å². The van der Waals surface area contributed by atoms with Gasteiger partial charge in [0, 0.05) is 13.1 Å². The van der Waals surface area contributed by atoms with Gasteiger partial charge in [-0.25, -0.2) is 0 Å². The molecule has 9 heteroatoms. The molecule has 1 amide bonds. The van der Waals surface area contributed by atoms with E-state index in [1.807, 2.05) is 11.8 Å². The Morgan fingerprint density at radius 1 is 1.48 bits per heavy atom. The van der Waals surface area contributed by atoms with E-state index in [1.165, 1.54) is 23.1 Å². The number of hydrogen-bond donors (Lipinski definition) is 0. The van der Waals surface area contributed by atoms with Crippen molar-refractivity contribution in [2.24, 2.45) is 0 Å². The number of carbonyl (C=O) groups is 1. The molecule has 1 saturated heterocycles. The fourth-order valence-corrected chi connectivity index (χ4v) is 3.94. The Bertz CT molecular complexity index is 641. The predicted octanol–water partition coefficient (Wildman–Crippen LogP) is 1.65. The van der Waals surface area contributed by atoms with Crippen molar-refractivity contribution in [1.29, 1.82) is 0 Å². The summed E-state index contributed by atoms with van der Waals surface area (Å²) in [6.07, 6.45) is 0.871. The van der Waals surface area contributed by atoms with Crippen LogP contribution in [0.1, 0.15) is 29.1 Å². The number of amides is 1. The number of nitrogens with zero attached hydrogens (tertiary/aromatic N) is 5. The third kappa shape index (κ3) is 3.41. The first-order valence-corrected chi connectivity index (χ1v) is 8.43. The van der Waals surface area contributed by atoms with Gasteiger partial charge < -0.3 is 9.42 Å². The maximum atomic E-state index is 12.2. The molecule has 0 saturated carbocycles. The molecule has 0 aromatic carbocycles. The first-order valence-electron chi connectivity index (χ1n) is 6.62. The molecule has 112 valence electrons. The van der Waals surface area contributed by atoms with Gasteiger partial charge in [0.05, 0.1) is 11.7 Å². The highest BCUT2D eigenvalue weighted by Gasteiger charge is 2.30. The third-order valence-electron chi connectivity index (χ3n) is 3.26. The molecule has 1 aliphatic rings. The monoisotopic (exact) mass is 325 g/mol. The van der Waals surface area contributed by atoms with Gasteiger partial charge >= 0.3 is 0 Å². The minimum atomic E-state index is 0.117. The summed E-state index contributed by atoms with van der Waals surface area (Å²) in [6, 6.07) is 0. The number of hydrogen-bond acceptors (Lipinski definition) is 8. The molecule has 0 aliphatic carbocycles. The standard InChI is InChI=1S/C12H15N5O2S2/c1-7-13-11(19-16-7)9-3-4-17(5-9)10(18)6-20-12-15-14-8(2)21-12/h9H,3-6H2,1-2H3. The highest BCUT2D eigenvalue weighted by atomic mass is 32.2. The molecule has 0 N–H and O–H groups in total. The third-order valence-corrected chi connectivity index (χ3v) is 5.22. The summed E-state index contributed by atoms with van der Waals surface area (Å²) in [5, 5.41) is 12.7. The highest BCUT2D eigenvalue weighted by molar-refractivity contribution is 8.01. The highest BCUT2D eigenvalue weighted by Crippen LogP contribution is 2.27. The van der Waals surface area contributed by atoms with Crippen LogP contribution in [0, 0.1) is 13.8 Å². The molecular weight excluding hydrogens is 310 g/mol. The molecule has 2 aromatic heterocycles. The summed E-state index contributed by atoms with van der Waals surface area (Å²) in [6.45, 7) is 5.09. The molecule has 3 heterocycles. The molecule has 1 atom stereocenters. The van der Waals surface area contributed by atoms with E-state index in [0.717, 1.165) is 22.3 Å². The Kier molecular flexibility index (Phi) is 4.20. The van der Waals surface area contributed by atoms with Gasteiger partial charge in [-0.3, -0.25) is 4.79 Å². The fraction of sp³-hybridized carbons (Fsp3) is 0.583. The molecule has 7 nitrogen and oxygen atoms in total. The zero-order chi connectivity index (χ0) is 14.8. The molecule has 2 aromatic rings. The molecule has 1 aliphatic heterocycles. The summed E-state index contributed by atoms with van der Waals surface area (Å²) in [5.74, 6) is 1.94. The van der Waals surface area contributed by atoms with Crippen LogP contribution in [-0.4, -0.2) is 50.0 Å². The minimum absolute atomic E-state index is 0.117. The van der Waals surface area contributed by atoms with Crippen molar-refractivity contribution < 1.29 is 9.32 Å². The smallest absolute Gasteiger partial charge is 0.233 e. The second-order valence-corrected chi connectivity index (χ2v) is 7.28. The maximum absolute atomic E-state index is 12.2. The van der Waals surface area contributed by atoms with Crippen molar-refractivity contribution in [3.63, 3.8) is 0 Å². The molecule has 1 fully saturated rings. The number of aromatic nitrogens is 4. The molecule has 1 unspecified atom stereocenters. The summed E-state index contributed by atoms with van der Waals surface area (Å²) in [7, 11) is 0. The molecule has 0 spiro atoms. The maximum Gasteiger partial charge on any atom is 0.233 e. The number of aryl methyl sites for hydroxylation is 2. The van der Waals surface area contributed by atoms with Crippen LogP contribution in [-0.2, 0) is 4.79 Å². The van der Waals surface area contributed by atoms with Crippen molar-refractivity contribution in [2.45, 2.75) is 30.5 Å². The van der Waals surface area contributed by atoms with Gasteiger partial charge in [-0.15, -0.1) is 10.2 Å². The summed E-state index contributed by atoms with van der Waals surface area (Å²) >= 11 is 2.95. The quantitative estimate of drug-likeness (QED) is 0.790. The van der Waals surface area contributed by atoms with Gasteiger partial charge in [0.1, 0.15) is 5.01 Å². The Hall–Kier alpha value is -1.48. The SMILES string of the molecule is Cc1noc(C2CCN(C(=O)CSc3nnc(C)s3)C2)n1. The van der Waals surface area contributed by atoms with E-state index in [9.17, 15) is 4.79 Å². The van der Waals surface area contributed by atoms with Crippen LogP contribution >= 0.6 is 23.1 Å². The number of likely N-dealkylation sites (tertiary alicyclic amines) is 1. The lowest BCUT2D eigenvalue weighted by Gasteiger charge is -2.14. The van der Waals surface area contributed by atoms with Gasteiger partial charge in [-0.1, -0.05) is 28.3 Å². The Morgan fingerprint density at radius 3 is 3.00 bits per heavy atom. The zero-order valence-electron chi connectivity index (χ0n) is 11.8. The van der Waals surface area contributed by atoms with E-state index in [4.69, 9.17) is 4.52 Å². The first-order chi connectivity index (χ1) is 10.1. The van der Waals surface area contributed by atoms with E-state index >= 15 is 0 Å². The van der Waals surface area contributed by atoms with Gasteiger partial charge in [-0.05, 0) is 20.3 Å². The van der Waals surface area contributed by atoms with E-state index in [1.54, 1.807) is 6.92 Å². The van der Waals surface area contributed by atoms with Crippen LogP contribution in [0.25, 0.3) is 0 Å². The predicted molar refractivity (Wildman–Crippen MR) is 78.3 cm³/mol. The fourth-order valence-electron chi connectivity index (χ4n) is 2.22. The summed E-state index contributed by atoms with van der Waals surface area (Å²) in [4.78, 5) is 18.3. The van der Waals surface area contributed by atoms with Crippen LogP contribution in [0.2, 0.25) is 0 Å². The van der Waals surface area contributed by atoms with E-state index in [0.29, 0.717) is 24.0 Å². The molecule has 0 bridgehead atoms. The van der Waals surface area contributed by atoms with Crippen molar-refractivity contribution in [1.82, 2.24) is 25.2 Å². The van der Waals surface area contributed by atoms with Crippen LogP contribution < -0.4 is 0 Å². The normalized spacial score (nSPS) is 18.4. The average molecular weight is 325 g/mol. The summed E-state index contributed by atoms with van der Waals surface area (Å²) in [5.41, 5.74) is 0. The second kappa shape index (κ2) is 6.10. The topological polar surface area (TPSA) is 85.0 Å². The molecular formula is C12H15N5O2S2. The van der Waals surface area contributed by atoms with Crippen molar-refractivity contribution >= 4 is 29.0 Å². The van der Waals surface area contributed by atoms with Crippen LogP contribution in [0.15, 0.2) is 8.86 Å². The second-order valence-electron chi connectivity index (χ2n) is 4.88. The first kappa shape index (κ1) is 14.5. The minimum Gasteiger partial charge on any atom is -0.341 e. The summed E-state index contributed by atoms with van der Waals surface area (Å²) < 4.78 is 6.02. The Morgan fingerprint density at radius 2 is 2.33 bits per heavy atom. The lowest BCUT2D eigenvalue weighted by Crippen LogP contribution is -2.30. The Balaban J connectivity index is 1.52.